The second kappa shape index (κ2) is 9.52. The van der Waals surface area contributed by atoms with Gasteiger partial charge >= 0.3 is 12.1 Å². The Morgan fingerprint density at radius 2 is 1.94 bits per heavy atom. The molecule has 0 spiro atoms. The minimum absolute atomic E-state index is 0.0303. The van der Waals surface area contributed by atoms with Crippen molar-refractivity contribution in [3.05, 3.63) is 0 Å². The second-order valence-electron chi connectivity index (χ2n) is 10.6. The van der Waals surface area contributed by atoms with Crippen LogP contribution in [0.1, 0.15) is 46.5 Å². The smallest absolute Gasteiger partial charge is 0.356 e. The second-order valence-corrected chi connectivity index (χ2v) is 10.6. The van der Waals surface area contributed by atoms with Crippen LogP contribution in [-0.2, 0) is 14.4 Å². The minimum Gasteiger partial charge on any atom is -0.356 e. The van der Waals surface area contributed by atoms with Gasteiger partial charge in [-0.15, -0.1) is 0 Å². The van der Waals surface area contributed by atoms with Crippen molar-refractivity contribution in [2.24, 2.45) is 17.3 Å². The fourth-order valence-corrected chi connectivity index (χ4v) is 5.32. The van der Waals surface area contributed by atoms with E-state index in [2.05, 4.69) is 10.6 Å². The van der Waals surface area contributed by atoms with E-state index in [0.29, 0.717) is 13.0 Å². The third kappa shape index (κ3) is 5.68. The largest absolute Gasteiger partial charge is 0.471 e. The SMILES string of the molecule is CC(C)(C)[C@H](NC(=O)C(F)(F)F)C(=O)N1C(CN[C@H](C#N)C[C@@H]2CCNC2=O)[C@@H]2C[C@H]1CC2(F)F. The molecule has 1 unspecified atom stereocenters. The zero-order valence-corrected chi connectivity index (χ0v) is 19.7. The molecule has 3 amide bonds. The molecule has 2 bridgehead atoms. The van der Waals surface area contributed by atoms with Gasteiger partial charge in [-0.1, -0.05) is 20.8 Å². The van der Waals surface area contributed by atoms with Crippen LogP contribution in [-0.4, -0.2) is 72.0 Å². The molecule has 0 aromatic carbocycles. The van der Waals surface area contributed by atoms with E-state index in [0.717, 1.165) is 0 Å². The zero-order chi connectivity index (χ0) is 26.3. The van der Waals surface area contributed by atoms with Crippen LogP contribution < -0.4 is 16.0 Å². The lowest BCUT2D eigenvalue weighted by molar-refractivity contribution is -0.176. The number of nitrogens with zero attached hydrogens (tertiary/aromatic N) is 2. The number of hydrogen-bond donors (Lipinski definition) is 3. The number of amides is 3. The summed E-state index contributed by atoms with van der Waals surface area (Å²) in [6.07, 6.45) is -5.15. The highest BCUT2D eigenvalue weighted by atomic mass is 19.4. The van der Waals surface area contributed by atoms with Gasteiger partial charge in [-0.25, -0.2) is 8.78 Å². The van der Waals surface area contributed by atoms with Gasteiger partial charge in [0, 0.05) is 37.4 Å². The number of nitriles is 1. The number of alkyl halides is 5. The number of hydrogen-bond acceptors (Lipinski definition) is 5. The molecule has 0 aromatic rings. The number of piperidine rings is 1. The summed E-state index contributed by atoms with van der Waals surface area (Å²) < 4.78 is 67.9. The van der Waals surface area contributed by atoms with Gasteiger partial charge in [0.05, 0.1) is 18.2 Å². The van der Waals surface area contributed by atoms with Gasteiger partial charge in [0.1, 0.15) is 6.04 Å². The summed E-state index contributed by atoms with van der Waals surface area (Å²) in [4.78, 5) is 38.1. The van der Waals surface area contributed by atoms with Gasteiger partial charge in [0.25, 0.3) is 5.92 Å². The summed E-state index contributed by atoms with van der Waals surface area (Å²) in [5, 5.41) is 16.8. The third-order valence-electron chi connectivity index (χ3n) is 7.10. The average Bonchev–Trinajstić information content (AvgIpc) is 3.38. The average molecular weight is 508 g/mol. The number of carbonyl (C=O) groups is 3. The number of nitrogens with one attached hydrogen (secondary N) is 3. The summed E-state index contributed by atoms with van der Waals surface area (Å²) in [5.74, 6) is -8.05. The first-order chi connectivity index (χ1) is 16.1. The normalized spacial score (nSPS) is 29.5. The van der Waals surface area contributed by atoms with Crippen molar-refractivity contribution < 1.29 is 36.3 Å². The summed E-state index contributed by atoms with van der Waals surface area (Å²) in [7, 11) is 0. The Labute approximate surface area is 199 Å². The molecule has 8 nitrogen and oxygen atoms in total. The van der Waals surface area contributed by atoms with Gasteiger partial charge in [-0.2, -0.15) is 18.4 Å². The van der Waals surface area contributed by atoms with Crippen molar-refractivity contribution in [3.63, 3.8) is 0 Å². The number of rotatable bonds is 7. The van der Waals surface area contributed by atoms with Crippen LogP contribution in [0, 0.1) is 28.6 Å². The maximum absolute atomic E-state index is 14.6. The molecule has 35 heavy (non-hydrogen) atoms. The summed E-state index contributed by atoms with van der Waals surface area (Å²) in [5.41, 5.74) is -1.13. The van der Waals surface area contributed by atoms with E-state index < -0.39 is 71.8 Å². The molecule has 0 aromatic heterocycles. The zero-order valence-electron chi connectivity index (χ0n) is 19.7. The fourth-order valence-electron chi connectivity index (χ4n) is 5.32. The molecule has 3 rings (SSSR count). The van der Waals surface area contributed by atoms with E-state index in [4.69, 9.17) is 0 Å². The Balaban J connectivity index is 1.79. The molecule has 2 saturated heterocycles. The van der Waals surface area contributed by atoms with Gasteiger partial charge in [0.15, 0.2) is 0 Å². The Hall–Kier alpha value is -2.49. The van der Waals surface area contributed by atoms with Crippen molar-refractivity contribution in [3.8, 4) is 6.07 Å². The molecule has 3 fully saturated rings. The highest BCUT2D eigenvalue weighted by molar-refractivity contribution is 5.91. The molecule has 3 aliphatic rings. The molecule has 1 aliphatic carbocycles. The lowest BCUT2D eigenvalue weighted by Gasteiger charge is -2.43. The lowest BCUT2D eigenvalue weighted by atomic mass is 9.84. The molecular formula is C22H30F5N5O3. The number of carbonyl (C=O) groups excluding carboxylic acids is 3. The van der Waals surface area contributed by atoms with Crippen molar-refractivity contribution >= 4 is 17.7 Å². The van der Waals surface area contributed by atoms with E-state index in [1.54, 1.807) is 5.32 Å². The van der Waals surface area contributed by atoms with Crippen LogP contribution in [0.25, 0.3) is 0 Å². The van der Waals surface area contributed by atoms with Crippen LogP contribution in [0.5, 0.6) is 0 Å². The summed E-state index contributed by atoms with van der Waals surface area (Å²) in [6, 6.07) is -2.41. The van der Waals surface area contributed by atoms with Crippen LogP contribution in [0.4, 0.5) is 22.0 Å². The number of likely N-dealkylation sites (tertiary alicyclic amines) is 1. The highest BCUT2D eigenvalue weighted by Crippen LogP contribution is 2.52. The molecule has 2 aliphatic heterocycles. The van der Waals surface area contributed by atoms with Gasteiger partial charge in [-0.3, -0.25) is 19.7 Å². The fraction of sp³-hybridized carbons (Fsp3) is 0.818. The van der Waals surface area contributed by atoms with Crippen molar-refractivity contribution in [1.82, 2.24) is 20.9 Å². The molecule has 13 heteroatoms. The first-order valence-electron chi connectivity index (χ1n) is 11.5. The van der Waals surface area contributed by atoms with E-state index in [1.807, 2.05) is 6.07 Å². The van der Waals surface area contributed by atoms with Crippen molar-refractivity contribution in [2.45, 2.75) is 82.7 Å². The monoisotopic (exact) mass is 507 g/mol. The number of halogens is 5. The maximum atomic E-state index is 14.6. The Morgan fingerprint density at radius 3 is 2.46 bits per heavy atom. The Morgan fingerprint density at radius 1 is 1.29 bits per heavy atom. The van der Waals surface area contributed by atoms with Crippen LogP contribution in [0.2, 0.25) is 0 Å². The molecule has 6 atom stereocenters. The van der Waals surface area contributed by atoms with E-state index in [-0.39, 0.29) is 25.3 Å². The Kier molecular flexibility index (Phi) is 7.37. The van der Waals surface area contributed by atoms with Crippen LogP contribution in [0.3, 0.4) is 0 Å². The molecule has 1 saturated carbocycles. The minimum atomic E-state index is -5.21. The van der Waals surface area contributed by atoms with Crippen molar-refractivity contribution in [2.75, 3.05) is 13.1 Å². The van der Waals surface area contributed by atoms with E-state index in [1.165, 1.54) is 25.7 Å². The predicted octanol–water partition coefficient (Wildman–Crippen LogP) is 1.71. The Bertz CT molecular complexity index is 897. The molecule has 2 heterocycles. The van der Waals surface area contributed by atoms with Gasteiger partial charge in [0.2, 0.25) is 11.8 Å². The van der Waals surface area contributed by atoms with Crippen molar-refractivity contribution in [1.29, 1.82) is 5.26 Å². The summed E-state index contributed by atoms with van der Waals surface area (Å²) >= 11 is 0. The van der Waals surface area contributed by atoms with E-state index in [9.17, 15) is 41.6 Å². The maximum Gasteiger partial charge on any atom is 0.471 e. The van der Waals surface area contributed by atoms with Gasteiger partial charge in [-0.05, 0) is 24.7 Å². The number of fused-ring (bicyclic) bond motifs is 2. The predicted molar refractivity (Wildman–Crippen MR) is 113 cm³/mol. The topological polar surface area (TPSA) is 114 Å². The highest BCUT2D eigenvalue weighted by Gasteiger charge is 2.63. The first-order valence-corrected chi connectivity index (χ1v) is 11.5. The molecule has 3 N–H and O–H groups in total. The molecular weight excluding hydrogens is 477 g/mol. The molecule has 0 radical (unpaired) electrons. The quantitative estimate of drug-likeness (QED) is 0.454. The van der Waals surface area contributed by atoms with Crippen LogP contribution in [0.15, 0.2) is 0 Å². The van der Waals surface area contributed by atoms with E-state index >= 15 is 0 Å². The van der Waals surface area contributed by atoms with Gasteiger partial charge < -0.3 is 15.5 Å². The molecule has 196 valence electrons. The summed E-state index contributed by atoms with van der Waals surface area (Å²) in [6.45, 7) is 4.71. The van der Waals surface area contributed by atoms with Crippen LogP contribution >= 0.6 is 0 Å². The lowest BCUT2D eigenvalue weighted by Crippen LogP contribution is -2.63. The third-order valence-corrected chi connectivity index (χ3v) is 7.10. The standard InChI is InChI=1S/C22H30F5N5O3/c1-20(2,3)16(31-19(35)22(25,26)27)18(34)32-13-7-14(21(23,24)8-13)15(32)10-30-12(9-28)6-11-4-5-29-17(11)33/h11-16,30H,4-8,10H2,1-3H3,(H,29,33)(H,31,35)/t11-,12-,13-,14-,15?,16+/m0/s1. The first kappa shape index (κ1) is 27.1.